The van der Waals surface area contributed by atoms with Gasteiger partial charge in [-0.1, -0.05) is 48.0 Å². The number of amides is 3. The molecule has 0 aliphatic carbocycles. The Morgan fingerprint density at radius 2 is 1.75 bits per heavy atom. The minimum absolute atomic E-state index is 0.131. The zero-order valence-electron chi connectivity index (χ0n) is 13.6. The molecule has 1 aliphatic rings. The first-order valence-corrected chi connectivity index (χ1v) is 8.97. The Morgan fingerprint density at radius 3 is 2.46 bits per heavy atom. The summed E-state index contributed by atoms with van der Waals surface area (Å²) in [6.07, 6.45) is 0.535. The summed E-state index contributed by atoms with van der Waals surface area (Å²) in [7, 11) is 0. The number of nitrogens with zero attached hydrogens (tertiary/aromatic N) is 1. The molecule has 1 aliphatic heterocycles. The number of aryl methyl sites for hydroxylation is 1. The van der Waals surface area contributed by atoms with Crippen molar-refractivity contribution >= 4 is 23.7 Å². The molecule has 3 rings (SSSR count). The molecule has 124 valence electrons. The van der Waals surface area contributed by atoms with Gasteiger partial charge in [0.05, 0.1) is 0 Å². The number of hydrogen-bond acceptors (Lipinski definition) is 3. The molecule has 2 aromatic rings. The molecule has 0 radical (unpaired) electrons. The lowest BCUT2D eigenvalue weighted by Crippen LogP contribution is -2.34. The van der Waals surface area contributed by atoms with Gasteiger partial charge in [0.25, 0.3) is 5.91 Å². The van der Waals surface area contributed by atoms with Crippen LogP contribution in [0.15, 0.2) is 59.5 Å². The van der Waals surface area contributed by atoms with Gasteiger partial charge in [0.2, 0.25) is 0 Å². The molecule has 4 nitrogen and oxygen atoms in total. The van der Waals surface area contributed by atoms with E-state index in [-0.39, 0.29) is 11.9 Å². The molecule has 3 amide bonds. The first-order chi connectivity index (χ1) is 11.6. The van der Waals surface area contributed by atoms with Crippen molar-refractivity contribution in [3.8, 4) is 0 Å². The second kappa shape index (κ2) is 7.53. The van der Waals surface area contributed by atoms with E-state index in [0.717, 1.165) is 10.5 Å². The third-order valence-corrected chi connectivity index (χ3v) is 4.99. The lowest BCUT2D eigenvalue weighted by molar-refractivity contribution is -0.127. The predicted molar refractivity (Wildman–Crippen MR) is 96.1 cm³/mol. The van der Waals surface area contributed by atoms with Crippen LogP contribution in [0.4, 0.5) is 4.79 Å². The highest BCUT2D eigenvalue weighted by Gasteiger charge is 2.37. The van der Waals surface area contributed by atoms with Crippen molar-refractivity contribution in [3.63, 3.8) is 0 Å². The van der Waals surface area contributed by atoms with Crippen LogP contribution >= 0.6 is 11.8 Å². The molecule has 1 N–H and O–H groups in total. The standard InChI is InChI=1S/C19H20N2O2S/c1-14-7-9-16(10-8-14)24-12-11-21-18(22)17(20-19(21)23)13-15-5-3-2-4-6-15/h2-10,17H,11-13H2,1H3,(H,20,23)/t17-/m0/s1. The van der Waals surface area contributed by atoms with Gasteiger partial charge in [-0.15, -0.1) is 11.8 Å². The summed E-state index contributed by atoms with van der Waals surface area (Å²) < 4.78 is 0. The zero-order chi connectivity index (χ0) is 16.9. The van der Waals surface area contributed by atoms with Crippen LogP contribution in [-0.4, -0.2) is 35.2 Å². The van der Waals surface area contributed by atoms with E-state index < -0.39 is 6.04 Å². The summed E-state index contributed by atoms with van der Waals surface area (Å²) in [6, 6.07) is 17.2. The topological polar surface area (TPSA) is 49.4 Å². The Kier molecular flexibility index (Phi) is 5.20. The summed E-state index contributed by atoms with van der Waals surface area (Å²) in [5, 5.41) is 2.79. The number of nitrogens with one attached hydrogen (secondary N) is 1. The fourth-order valence-electron chi connectivity index (χ4n) is 2.67. The van der Waals surface area contributed by atoms with Gasteiger partial charge in [0, 0.05) is 23.6 Å². The Morgan fingerprint density at radius 1 is 1.04 bits per heavy atom. The third kappa shape index (κ3) is 3.97. The van der Waals surface area contributed by atoms with Gasteiger partial charge in [0.15, 0.2) is 0 Å². The molecule has 1 fully saturated rings. The predicted octanol–water partition coefficient (Wildman–Crippen LogP) is 3.25. The lowest BCUT2D eigenvalue weighted by atomic mass is 10.1. The van der Waals surface area contributed by atoms with Crippen LogP contribution in [0.3, 0.4) is 0 Å². The van der Waals surface area contributed by atoms with E-state index in [9.17, 15) is 9.59 Å². The highest BCUT2D eigenvalue weighted by atomic mass is 32.2. The number of rotatable bonds is 6. The van der Waals surface area contributed by atoms with Gasteiger partial charge < -0.3 is 5.32 Å². The first-order valence-electron chi connectivity index (χ1n) is 7.99. The Hall–Kier alpha value is -2.27. The van der Waals surface area contributed by atoms with Gasteiger partial charge in [0.1, 0.15) is 6.04 Å². The number of benzene rings is 2. The molecule has 1 saturated heterocycles. The lowest BCUT2D eigenvalue weighted by Gasteiger charge is -2.13. The Labute approximate surface area is 146 Å². The molecule has 0 aromatic heterocycles. The summed E-state index contributed by atoms with van der Waals surface area (Å²) in [5.74, 6) is 0.564. The van der Waals surface area contributed by atoms with Crippen LogP contribution in [-0.2, 0) is 11.2 Å². The molecule has 0 bridgehead atoms. The van der Waals surface area contributed by atoms with Crippen molar-refractivity contribution < 1.29 is 9.59 Å². The number of urea groups is 1. The molecule has 1 atom stereocenters. The molecular weight excluding hydrogens is 320 g/mol. The molecular formula is C19H20N2O2S. The third-order valence-electron chi connectivity index (χ3n) is 3.99. The number of carbonyl (C=O) groups is 2. The van der Waals surface area contributed by atoms with E-state index in [0.29, 0.717) is 18.7 Å². The van der Waals surface area contributed by atoms with Crippen molar-refractivity contribution in [1.82, 2.24) is 10.2 Å². The Bertz CT molecular complexity index is 716. The van der Waals surface area contributed by atoms with E-state index in [2.05, 4.69) is 36.5 Å². The van der Waals surface area contributed by atoms with Crippen molar-refractivity contribution in [2.75, 3.05) is 12.3 Å². The molecule has 1 heterocycles. The average Bonchev–Trinajstić information content (AvgIpc) is 2.85. The fraction of sp³-hybridized carbons (Fsp3) is 0.263. The molecule has 2 aromatic carbocycles. The van der Waals surface area contributed by atoms with E-state index in [4.69, 9.17) is 0 Å². The Balaban J connectivity index is 1.53. The van der Waals surface area contributed by atoms with Crippen molar-refractivity contribution in [2.24, 2.45) is 0 Å². The number of thioether (sulfide) groups is 1. The molecule has 5 heteroatoms. The largest absolute Gasteiger partial charge is 0.325 e. The smallest absolute Gasteiger partial charge is 0.324 e. The molecule has 0 saturated carbocycles. The normalized spacial score (nSPS) is 17.2. The average molecular weight is 340 g/mol. The number of hydrogen-bond donors (Lipinski definition) is 1. The maximum atomic E-state index is 12.4. The molecule has 24 heavy (non-hydrogen) atoms. The minimum atomic E-state index is -0.454. The highest BCUT2D eigenvalue weighted by Crippen LogP contribution is 2.19. The molecule has 0 unspecified atom stereocenters. The van der Waals surface area contributed by atoms with Crippen LogP contribution in [0.2, 0.25) is 0 Å². The SMILES string of the molecule is Cc1ccc(SCCN2C(=O)N[C@@H](Cc3ccccc3)C2=O)cc1. The van der Waals surface area contributed by atoms with E-state index in [1.165, 1.54) is 10.5 Å². The van der Waals surface area contributed by atoms with Crippen LogP contribution in [0, 0.1) is 6.92 Å². The van der Waals surface area contributed by atoms with Crippen molar-refractivity contribution in [2.45, 2.75) is 24.3 Å². The highest BCUT2D eigenvalue weighted by molar-refractivity contribution is 7.99. The maximum Gasteiger partial charge on any atom is 0.324 e. The first kappa shape index (κ1) is 16.6. The second-order valence-corrected chi connectivity index (χ2v) is 7.01. The van der Waals surface area contributed by atoms with E-state index in [1.54, 1.807) is 11.8 Å². The van der Waals surface area contributed by atoms with Crippen molar-refractivity contribution in [3.05, 3.63) is 65.7 Å². The van der Waals surface area contributed by atoms with Crippen molar-refractivity contribution in [1.29, 1.82) is 0 Å². The van der Waals surface area contributed by atoms with Gasteiger partial charge in [-0.05, 0) is 24.6 Å². The summed E-state index contributed by atoms with van der Waals surface area (Å²) >= 11 is 1.65. The van der Waals surface area contributed by atoms with Gasteiger partial charge in [-0.3, -0.25) is 9.69 Å². The summed E-state index contributed by atoms with van der Waals surface area (Å²) in [6.45, 7) is 2.48. The van der Waals surface area contributed by atoms with Crippen LogP contribution < -0.4 is 5.32 Å². The summed E-state index contributed by atoms with van der Waals surface area (Å²) in [5.41, 5.74) is 2.27. The van der Waals surface area contributed by atoms with Gasteiger partial charge in [-0.2, -0.15) is 0 Å². The van der Waals surface area contributed by atoms with E-state index in [1.807, 2.05) is 30.3 Å². The fourth-order valence-corrected chi connectivity index (χ4v) is 3.50. The van der Waals surface area contributed by atoms with E-state index >= 15 is 0 Å². The maximum absolute atomic E-state index is 12.4. The minimum Gasteiger partial charge on any atom is -0.325 e. The van der Waals surface area contributed by atoms with Crippen LogP contribution in [0.5, 0.6) is 0 Å². The zero-order valence-corrected chi connectivity index (χ0v) is 14.4. The molecule has 0 spiro atoms. The van der Waals surface area contributed by atoms with Crippen LogP contribution in [0.25, 0.3) is 0 Å². The van der Waals surface area contributed by atoms with Gasteiger partial charge in [-0.25, -0.2) is 4.79 Å². The number of carbonyl (C=O) groups excluding carboxylic acids is 2. The second-order valence-electron chi connectivity index (χ2n) is 5.84. The monoisotopic (exact) mass is 340 g/mol. The summed E-state index contributed by atoms with van der Waals surface area (Å²) in [4.78, 5) is 27.0. The van der Waals surface area contributed by atoms with Crippen LogP contribution in [0.1, 0.15) is 11.1 Å². The number of imide groups is 1. The quantitative estimate of drug-likeness (QED) is 0.649. The van der Waals surface area contributed by atoms with Gasteiger partial charge >= 0.3 is 6.03 Å².